The van der Waals surface area contributed by atoms with E-state index in [9.17, 15) is 4.79 Å². The van der Waals surface area contributed by atoms with Gasteiger partial charge in [-0.3, -0.25) is 4.90 Å². The smallest absolute Gasteiger partial charge is 0.407 e. The van der Waals surface area contributed by atoms with Crippen LogP contribution in [0.1, 0.15) is 46.2 Å². The number of carbonyl (C=O) groups is 1. The van der Waals surface area contributed by atoms with Gasteiger partial charge in [0.1, 0.15) is 5.60 Å². The van der Waals surface area contributed by atoms with Crippen LogP contribution in [0.3, 0.4) is 0 Å². The van der Waals surface area contributed by atoms with Gasteiger partial charge >= 0.3 is 6.09 Å². The number of amides is 1. The van der Waals surface area contributed by atoms with Crippen molar-refractivity contribution in [1.82, 2.24) is 19.8 Å². The molecule has 0 aliphatic carbocycles. The first-order valence-corrected chi connectivity index (χ1v) is 8.55. The predicted octanol–water partition coefficient (Wildman–Crippen LogP) is 2.43. The predicted molar refractivity (Wildman–Crippen MR) is 90.4 cm³/mol. The van der Waals surface area contributed by atoms with Crippen LogP contribution in [0.4, 0.5) is 4.79 Å². The third-order valence-electron chi connectivity index (χ3n) is 4.07. The molecule has 6 nitrogen and oxygen atoms in total. The largest absolute Gasteiger partial charge is 0.444 e. The molecular weight excluding hydrogens is 292 g/mol. The number of nitrogens with one attached hydrogen (secondary N) is 1. The molecule has 1 aliphatic rings. The lowest BCUT2D eigenvalue weighted by atomic mass is 10.2. The molecule has 0 spiro atoms. The van der Waals surface area contributed by atoms with Crippen molar-refractivity contribution in [3.8, 4) is 0 Å². The molecular formula is C17H30N4O2. The second-order valence-corrected chi connectivity index (χ2v) is 7.31. The number of nitrogens with zero attached hydrogens (tertiary/aromatic N) is 3. The summed E-state index contributed by atoms with van der Waals surface area (Å²) in [5.41, 5.74) is 0.684. The summed E-state index contributed by atoms with van der Waals surface area (Å²) < 4.78 is 7.43. The summed E-state index contributed by atoms with van der Waals surface area (Å²) >= 11 is 0. The topological polar surface area (TPSA) is 59.4 Å². The number of likely N-dealkylation sites (tertiary alicyclic amines) is 1. The molecule has 1 aromatic heterocycles. The maximum absolute atomic E-state index is 11.7. The Labute approximate surface area is 139 Å². The monoisotopic (exact) mass is 322 g/mol. The number of hydrogen-bond acceptors (Lipinski definition) is 4. The number of imidazole rings is 1. The van der Waals surface area contributed by atoms with E-state index in [0.29, 0.717) is 12.6 Å². The maximum atomic E-state index is 11.7. The minimum atomic E-state index is -0.461. The van der Waals surface area contributed by atoms with Crippen LogP contribution in [0.25, 0.3) is 0 Å². The molecule has 6 heteroatoms. The van der Waals surface area contributed by atoms with Crippen LogP contribution >= 0.6 is 0 Å². The molecule has 130 valence electrons. The minimum absolute atomic E-state index is 0.367. The van der Waals surface area contributed by atoms with Gasteiger partial charge in [0, 0.05) is 37.4 Å². The Morgan fingerprint density at radius 3 is 2.74 bits per heavy atom. The van der Waals surface area contributed by atoms with Gasteiger partial charge in [0.05, 0.1) is 6.33 Å². The van der Waals surface area contributed by atoms with Crippen molar-refractivity contribution in [2.75, 3.05) is 19.6 Å². The second kappa shape index (κ2) is 7.81. The Hall–Kier alpha value is -1.56. The molecule has 1 aliphatic heterocycles. The van der Waals surface area contributed by atoms with Gasteiger partial charge in [-0.2, -0.15) is 0 Å². The molecule has 0 saturated carbocycles. The highest BCUT2D eigenvalue weighted by Gasteiger charge is 2.19. The first-order valence-electron chi connectivity index (χ1n) is 8.55. The number of aromatic nitrogens is 2. The fraction of sp³-hybridized carbons (Fsp3) is 0.765. The molecule has 1 aromatic rings. The van der Waals surface area contributed by atoms with Crippen molar-refractivity contribution in [3.05, 3.63) is 18.2 Å². The molecule has 0 bridgehead atoms. The molecule has 0 aromatic carbocycles. The van der Waals surface area contributed by atoms with Crippen LogP contribution in [0, 0.1) is 0 Å². The van der Waals surface area contributed by atoms with Gasteiger partial charge in [-0.1, -0.05) is 0 Å². The van der Waals surface area contributed by atoms with Gasteiger partial charge in [-0.15, -0.1) is 0 Å². The normalized spacial score (nSPS) is 17.2. The number of hydrogen-bond donors (Lipinski definition) is 1. The van der Waals surface area contributed by atoms with Crippen molar-refractivity contribution >= 4 is 6.09 Å². The summed E-state index contributed by atoms with van der Waals surface area (Å²) in [6.45, 7) is 11.8. The van der Waals surface area contributed by atoms with Crippen LogP contribution < -0.4 is 5.32 Å². The Kier molecular flexibility index (Phi) is 6.04. The van der Waals surface area contributed by atoms with E-state index in [-0.39, 0.29) is 6.09 Å². The number of carbonyl (C=O) groups excluding carboxylic acids is 1. The maximum Gasteiger partial charge on any atom is 0.407 e. The van der Waals surface area contributed by atoms with E-state index in [4.69, 9.17) is 4.74 Å². The Morgan fingerprint density at radius 2 is 2.09 bits per heavy atom. The van der Waals surface area contributed by atoms with Crippen molar-refractivity contribution in [3.63, 3.8) is 0 Å². The van der Waals surface area contributed by atoms with Crippen LogP contribution in [0.15, 0.2) is 12.5 Å². The van der Waals surface area contributed by atoms with Crippen LogP contribution in [-0.2, 0) is 17.7 Å². The Balaban J connectivity index is 1.78. The van der Waals surface area contributed by atoms with E-state index in [1.165, 1.54) is 25.9 Å². The molecule has 1 saturated heterocycles. The van der Waals surface area contributed by atoms with Crippen LogP contribution in [-0.4, -0.2) is 51.8 Å². The molecule has 1 N–H and O–H groups in total. The highest BCUT2D eigenvalue weighted by Crippen LogP contribution is 2.14. The van der Waals surface area contributed by atoms with E-state index in [2.05, 4.69) is 26.7 Å². The van der Waals surface area contributed by atoms with Gasteiger partial charge in [0.2, 0.25) is 0 Å². The first-order chi connectivity index (χ1) is 10.8. The zero-order chi connectivity index (χ0) is 16.9. The van der Waals surface area contributed by atoms with Crippen LogP contribution in [0.5, 0.6) is 0 Å². The van der Waals surface area contributed by atoms with Gasteiger partial charge in [0.25, 0.3) is 0 Å². The van der Waals surface area contributed by atoms with Gasteiger partial charge in [-0.25, -0.2) is 9.78 Å². The van der Waals surface area contributed by atoms with E-state index in [1.54, 1.807) is 0 Å². The molecule has 2 heterocycles. The summed E-state index contributed by atoms with van der Waals surface area (Å²) in [7, 11) is 0. The summed E-state index contributed by atoms with van der Waals surface area (Å²) in [6, 6.07) is 0.518. The molecule has 0 radical (unpaired) electrons. The molecule has 1 fully saturated rings. The lowest BCUT2D eigenvalue weighted by Crippen LogP contribution is -2.35. The van der Waals surface area contributed by atoms with E-state index < -0.39 is 5.60 Å². The molecule has 2 rings (SSSR count). The molecule has 1 amide bonds. The quantitative estimate of drug-likeness (QED) is 0.874. The Bertz CT molecular complexity index is 501. The number of rotatable bonds is 6. The molecule has 1 atom stereocenters. The first kappa shape index (κ1) is 17.8. The fourth-order valence-electron chi connectivity index (χ4n) is 2.91. The van der Waals surface area contributed by atoms with Crippen molar-refractivity contribution < 1.29 is 9.53 Å². The zero-order valence-corrected chi connectivity index (χ0v) is 14.8. The molecule has 23 heavy (non-hydrogen) atoms. The fourth-order valence-corrected chi connectivity index (χ4v) is 2.91. The highest BCUT2D eigenvalue weighted by atomic mass is 16.6. The van der Waals surface area contributed by atoms with Crippen molar-refractivity contribution in [2.24, 2.45) is 0 Å². The van der Waals surface area contributed by atoms with Crippen LogP contribution in [0.2, 0.25) is 0 Å². The second-order valence-electron chi connectivity index (χ2n) is 7.31. The summed E-state index contributed by atoms with van der Waals surface area (Å²) in [5.74, 6) is 0. The third kappa shape index (κ3) is 5.86. The Morgan fingerprint density at radius 1 is 1.39 bits per heavy atom. The minimum Gasteiger partial charge on any atom is -0.444 e. The lowest BCUT2D eigenvalue weighted by molar-refractivity contribution is 0.0528. The standard InChI is InChI=1S/C17H30N4O2/c1-14(20-9-5-6-10-20)12-21-13-18-11-15(21)7-8-19-16(22)23-17(2,3)4/h11,13-14H,5-10,12H2,1-4H3,(H,19,22). The summed E-state index contributed by atoms with van der Waals surface area (Å²) in [5, 5.41) is 2.80. The number of alkyl carbamates (subject to hydrolysis) is 1. The average Bonchev–Trinajstić information content (AvgIpc) is 3.08. The number of ether oxygens (including phenoxy) is 1. The van der Waals surface area contributed by atoms with E-state index in [0.717, 1.165) is 18.7 Å². The summed E-state index contributed by atoms with van der Waals surface area (Å²) in [6.07, 6.45) is 6.77. The zero-order valence-electron chi connectivity index (χ0n) is 14.8. The van der Waals surface area contributed by atoms with Gasteiger partial charge < -0.3 is 14.6 Å². The lowest BCUT2D eigenvalue weighted by Gasteiger charge is -2.24. The van der Waals surface area contributed by atoms with E-state index >= 15 is 0 Å². The average molecular weight is 322 g/mol. The van der Waals surface area contributed by atoms with E-state index in [1.807, 2.05) is 33.3 Å². The summed E-state index contributed by atoms with van der Waals surface area (Å²) in [4.78, 5) is 18.5. The highest BCUT2D eigenvalue weighted by molar-refractivity contribution is 5.67. The van der Waals surface area contributed by atoms with Crippen molar-refractivity contribution in [2.45, 2.75) is 65.1 Å². The molecule has 1 unspecified atom stereocenters. The van der Waals surface area contributed by atoms with Gasteiger partial charge in [0.15, 0.2) is 0 Å². The van der Waals surface area contributed by atoms with Crippen molar-refractivity contribution in [1.29, 1.82) is 0 Å². The SMILES string of the molecule is CC(Cn1cncc1CCNC(=O)OC(C)(C)C)N1CCCC1. The third-order valence-corrected chi connectivity index (χ3v) is 4.07. The van der Waals surface area contributed by atoms with Gasteiger partial charge in [-0.05, 0) is 53.6 Å².